The molecule has 2 aromatic carbocycles. The fourth-order valence-corrected chi connectivity index (χ4v) is 11.9. The van der Waals surface area contributed by atoms with Crippen molar-refractivity contribution in [2.24, 2.45) is 17.8 Å². The van der Waals surface area contributed by atoms with Crippen LogP contribution in [0.1, 0.15) is 80.3 Å². The molecule has 2 aromatic rings. The minimum absolute atomic E-state index is 0.117. The van der Waals surface area contributed by atoms with E-state index in [0.717, 1.165) is 95.0 Å². The number of benzene rings is 2. The summed E-state index contributed by atoms with van der Waals surface area (Å²) in [7, 11) is -3.94. The van der Waals surface area contributed by atoms with Gasteiger partial charge in [-0.1, -0.05) is 31.0 Å². The highest BCUT2D eigenvalue weighted by Crippen LogP contribution is 2.49. The summed E-state index contributed by atoms with van der Waals surface area (Å²) < 4.78 is 36.2. The smallest absolute Gasteiger partial charge is 0.264 e. The summed E-state index contributed by atoms with van der Waals surface area (Å²) in [5.41, 5.74) is 2.48. The quantitative estimate of drug-likeness (QED) is 0.410. The highest BCUT2D eigenvalue weighted by molar-refractivity contribution is 7.90. The number of halogens is 1. The standard InChI is InChI=1S/C40H56ClN5O5S/c1-27-5-3-14-40(48,25-44-17-18-45-16-15-42-21-33(45)23-44)35-10-7-31(35)22-46-24-39(13-4-6-29-19-32(41)9-11-34(29)39)26-51-37-12-8-30(20-36(37)46)38(47)43-52(49,50)28(27)2/h8-9,11-12,19-20,27-28,31,33,35,42,48H,3-7,10,13-18,21-26H2,1-2H3,(H,43,47)/t27-,28+,31-,33?,35+,39-,40?/m0/s1. The number of hydrogen-bond donors (Lipinski definition) is 3. The first-order valence-electron chi connectivity index (χ1n) is 19.7. The van der Waals surface area contributed by atoms with Crippen molar-refractivity contribution in [2.75, 3.05) is 70.4 Å². The maximum absolute atomic E-state index is 13.6. The van der Waals surface area contributed by atoms with Crippen LogP contribution in [0.3, 0.4) is 0 Å². The van der Waals surface area contributed by atoms with E-state index < -0.39 is 26.8 Å². The Morgan fingerprint density at radius 2 is 1.88 bits per heavy atom. The molecule has 3 fully saturated rings. The number of sulfonamides is 1. The Hall–Kier alpha value is -2.41. The van der Waals surface area contributed by atoms with Crippen LogP contribution in [0.2, 0.25) is 5.02 Å². The SMILES string of the molecule is C[C@@H]1[C@@H](C)CCCC(O)(CN2CCN3CCNCC3C2)[C@@H]2CC[C@H]2CN2C[C@@]3(CCCc4cc(Cl)ccc43)COc3ccc(cc32)C(=O)NS1(=O)=O. The van der Waals surface area contributed by atoms with Gasteiger partial charge in [-0.25, -0.2) is 13.1 Å². The van der Waals surface area contributed by atoms with E-state index in [-0.39, 0.29) is 23.2 Å². The molecule has 8 rings (SSSR count). The van der Waals surface area contributed by atoms with E-state index >= 15 is 0 Å². The first kappa shape index (κ1) is 36.6. The van der Waals surface area contributed by atoms with Gasteiger partial charge in [-0.2, -0.15) is 0 Å². The number of nitrogens with one attached hydrogen (secondary N) is 2. The summed E-state index contributed by atoms with van der Waals surface area (Å²) in [6.07, 6.45) is 6.98. The van der Waals surface area contributed by atoms with Gasteiger partial charge in [0.05, 0.1) is 23.1 Å². The fraction of sp³-hybridized carbons (Fsp3) is 0.675. The van der Waals surface area contributed by atoms with E-state index in [0.29, 0.717) is 49.9 Å². The molecule has 6 aliphatic rings. The minimum atomic E-state index is -3.94. The Morgan fingerprint density at radius 1 is 1.02 bits per heavy atom. The molecule has 4 heterocycles. The second-order valence-electron chi connectivity index (χ2n) is 17.0. The lowest BCUT2D eigenvalue weighted by Crippen LogP contribution is -2.64. The average molecular weight is 754 g/mol. The summed E-state index contributed by atoms with van der Waals surface area (Å²) in [6.45, 7) is 12.2. The molecule has 7 atom stereocenters. The van der Waals surface area contributed by atoms with E-state index in [9.17, 15) is 18.3 Å². The van der Waals surface area contributed by atoms with Gasteiger partial charge in [0, 0.05) is 80.9 Å². The van der Waals surface area contributed by atoms with Crippen LogP contribution in [-0.4, -0.2) is 112 Å². The molecule has 2 saturated heterocycles. The van der Waals surface area contributed by atoms with Crippen molar-refractivity contribution in [1.82, 2.24) is 19.8 Å². The van der Waals surface area contributed by atoms with Crippen LogP contribution in [-0.2, 0) is 21.9 Å². The number of piperazine rings is 2. The Bertz CT molecular complexity index is 1780. The Kier molecular flexibility index (Phi) is 10.1. The van der Waals surface area contributed by atoms with Crippen molar-refractivity contribution in [3.05, 3.63) is 58.1 Å². The zero-order valence-corrected chi connectivity index (χ0v) is 32.4. The van der Waals surface area contributed by atoms with Crippen LogP contribution in [0.15, 0.2) is 36.4 Å². The van der Waals surface area contributed by atoms with Gasteiger partial charge in [-0.3, -0.25) is 14.6 Å². The highest BCUT2D eigenvalue weighted by atomic mass is 35.5. The first-order valence-corrected chi connectivity index (χ1v) is 21.6. The lowest BCUT2D eigenvalue weighted by Gasteiger charge is -2.53. The molecular formula is C40H56ClN5O5S. The third-order valence-electron chi connectivity index (χ3n) is 13.8. The number of hydrogen-bond acceptors (Lipinski definition) is 9. The van der Waals surface area contributed by atoms with Crippen molar-refractivity contribution in [1.29, 1.82) is 0 Å². The fourth-order valence-electron chi connectivity index (χ4n) is 10.4. The van der Waals surface area contributed by atoms with Crippen molar-refractivity contribution < 1.29 is 23.1 Å². The van der Waals surface area contributed by atoms with Gasteiger partial charge in [0.15, 0.2) is 0 Å². The number of carbonyl (C=O) groups is 1. The van der Waals surface area contributed by atoms with Crippen LogP contribution in [0, 0.1) is 17.8 Å². The zero-order valence-electron chi connectivity index (χ0n) is 30.8. The number of amides is 1. The summed E-state index contributed by atoms with van der Waals surface area (Å²) in [5.74, 6) is 0.282. The van der Waals surface area contributed by atoms with E-state index in [4.69, 9.17) is 16.3 Å². The third-order valence-corrected chi connectivity index (χ3v) is 15.9. The second-order valence-corrected chi connectivity index (χ2v) is 19.5. The molecule has 3 N–H and O–H groups in total. The molecule has 52 heavy (non-hydrogen) atoms. The number of carbonyl (C=O) groups excluding carboxylic acids is 1. The van der Waals surface area contributed by atoms with Gasteiger partial charge in [-0.05, 0) is 111 Å². The molecule has 12 heteroatoms. The van der Waals surface area contributed by atoms with E-state index in [1.165, 1.54) is 11.1 Å². The van der Waals surface area contributed by atoms with Crippen molar-refractivity contribution in [2.45, 2.75) is 87.5 Å². The number of β-amino-alcohol motifs (C(OH)–C–C–N with tert-alkyl or cyclic N) is 1. The van der Waals surface area contributed by atoms with Crippen molar-refractivity contribution >= 4 is 33.2 Å². The molecule has 2 aliphatic carbocycles. The Morgan fingerprint density at radius 3 is 2.71 bits per heavy atom. The number of aliphatic hydroxyl groups is 1. The van der Waals surface area contributed by atoms with Gasteiger partial charge in [0.2, 0.25) is 10.0 Å². The van der Waals surface area contributed by atoms with Gasteiger partial charge in [-0.15, -0.1) is 0 Å². The molecular weight excluding hydrogens is 698 g/mol. The normalized spacial score (nSPS) is 35.6. The second kappa shape index (κ2) is 14.3. The Labute approximate surface area is 314 Å². The largest absolute Gasteiger partial charge is 0.490 e. The van der Waals surface area contributed by atoms with Gasteiger partial charge >= 0.3 is 0 Å². The average Bonchev–Trinajstić information content (AvgIpc) is 3.25. The predicted octanol–water partition coefficient (Wildman–Crippen LogP) is 4.43. The molecule has 1 amide bonds. The molecule has 4 aliphatic heterocycles. The molecule has 284 valence electrons. The summed E-state index contributed by atoms with van der Waals surface area (Å²) in [6, 6.07) is 12.0. The molecule has 1 spiro atoms. The van der Waals surface area contributed by atoms with Crippen molar-refractivity contribution in [3.8, 4) is 5.75 Å². The number of nitrogens with zero attached hydrogens (tertiary/aromatic N) is 3. The topological polar surface area (TPSA) is 114 Å². The van der Waals surface area contributed by atoms with E-state index in [2.05, 4.69) is 36.9 Å². The number of aryl methyl sites for hydroxylation is 1. The van der Waals surface area contributed by atoms with Crippen LogP contribution >= 0.6 is 11.6 Å². The van der Waals surface area contributed by atoms with Gasteiger partial charge in [0.25, 0.3) is 5.91 Å². The van der Waals surface area contributed by atoms with Crippen LogP contribution in [0.4, 0.5) is 5.69 Å². The summed E-state index contributed by atoms with van der Waals surface area (Å²) >= 11 is 6.49. The minimum Gasteiger partial charge on any atom is -0.490 e. The molecule has 0 radical (unpaired) electrons. The molecule has 2 bridgehead atoms. The monoisotopic (exact) mass is 753 g/mol. The molecule has 10 nitrogen and oxygen atoms in total. The summed E-state index contributed by atoms with van der Waals surface area (Å²) in [5, 5.41) is 16.5. The molecule has 1 saturated carbocycles. The predicted molar refractivity (Wildman–Crippen MR) is 205 cm³/mol. The number of rotatable bonds is 2. The van der Waals surface area contributed by atoms with E-state index in [1.54, 1.807) is 13.0 Å². The number of ether oxygens (including phenoxy) is 1. The first-order chi connectivity index (χ1) is 24.9. The van der Waals surface area contributed by atoms with E-state index in [1.807, 2.05) is 25.1 Å². The highest BCUT2D eigenvalue weighted by Gasteiger charge is 2.50. The maximum atomic E-state index is 13.6. The number of anilines is 1. The lowest BCUT2D eigenvalue weighted by molar-refractivity contribution is -0.113. The van der Waals surface area contributed by atoms with Crippen LogP contribution in [0.5, 0.6) is 5.75 Å². The Balaban J connectivity index is 1.16. The van der Waals surface area contributed by atoms with Crippen LogP contribution in [0.25, 0.3) is 0 Å². The molecule has 0 aromatic heterocycles. The van der Waals surface area contributed by atoms with Crippen molar-refractivity contribution in [3.63, 3.8) is 0 Å². The lowest BCUT2D eigenvalue weighted by atomic mass is 9.62. The number of fused-ring (bicyclic) bond motifs is 5. The maximum Gasteiger partial charge on any atom is 0.264 e. The zero-order chi connectivity index (χ0) is 36.3. The van der Waals surface area contributed by atoms with Crippen LogP contribution < -0.4 is 19.7 Å². The third kappa shape index (κ3) is 6.99. The van der Waals surface area contributed by atoms with Gasteiger partial charge < -0.3 is 20.1 Å². The van der Waals surface area contributed by atoms with Gasteiger partial charge in [0.1, 0.15) is 5.75 Å². The summed E-state index contributed by atoms with van der Waals surface area (Å²) in [4.78, 5) is 21.1. The molecule has 2 unspecified atom stereocenters.